The Labute approximate surface area is 131 Å². The number of benzene rings is 1. The number of nitrogens with one attached hydrogen (secondary N) is 1. The van der Waals surface area contributed by atoms with E-state index in [2.05, 4.69) is 15.1 Å². The number of fused-ring (bicyclic) bond motifs is 1. The molecule has 116 valence electrons. The van der Waals surface area contributed by atoms with Crippen LogP contribution in [0.5, 0.6) is 0 Å². The maximum atomic E-state index is 12.0. The minimum Gasteiger partial charge on any atom is -0.337 e. The Morgan fingerprint density at radius 3 is 2.86 bits per heavy atom. The molecule has 0 amide bonds. The molecule has 1 fully saturated rings. The zero-order valence-electron chi connectivity index (χ0n) is 11.8. The lowest BCUT2D eigenvalue weighted by Crippen LogP contribution is -2.44. The third-order valence-electron chi connectivity index (χ3n) is 4.13. The maximum absolute atomic E-state index is 12.0. The van der Waals surface area contributed by atoms with Crippen molar-refractivity contribution in [1.29, 1.82) is 0 Å². The Hall–Kier alpha value is -2.12. The minimum absolute atomic E-state index is 0. The van der Waals surface area contributed by atoms with E-state index < -0.39 is 5.54 Å². The summed E-state index contributed by atoms with van der Waals surface area (Å²) in [5.41, 5.74) is 7.13. The van der Waals surface area contributed by atoms with Gasteiger partial charge in [0, 0.05) is 0 Å². The van der Waals surface area contributed by atoms with Crippen molar-refractivity contribution in [2.24, 2.45) is 5.73 Å². The number of nitrogens with two attached hydrogens (primary N) is 1. The highest BCUT2D eigenvalue weighted by Crippen LogP contribution is 2.36. The number of imidazole rings is 1. The Bertz CT molecular complexity index is 861. The summed E-state index contributed by atoms with van der Waals surface area (Å²) in [5.74, 6) is 0.935. The second-order valence-electron chi connectivity index (χ2n) is 5.55. The number of aromatic amines is 1. The van der Waals surface area contributed by atoms with Gasteiger partial charge in [-0.2, -0.15) is 4.98 Å². The van der Waals surface area contributed by atoms with Crippen LogP contribution in [0.25, 0.3) is 11.0 Å². The fourth-order valence-corrected chi connectivity index (χ4v) is 2.70. The average Bonchev–Trinajstić information content (AvgIpc) is 3.03. The summed E-state index contributed by atoms with van der Waals surface area (Å²) in [6, 6.07) is 7.49. The van der Waals surface area contributed by atoms with E-state index in [1.807, 2.05) is 24.3 Å². The van der Waals surface area contributed by atoms with Gasteiger partial charge in [-0.05, 0) is 31.4 Å². The SMILES string of the molecule is Cl.NC1(c2noc(Cn3c(=O)[nH]c4ccccc43)n2)CCC1. The Balaban J connectivity index is 0.00000144. The highest BCUT2D eigenvalue weighted by atomic mass is 35.5. The molecule has 0 bridgehead atoms. The van der Waals surface area contributed by atoms with Gasteiger partial charge in [0.2, 0.25) is 5.89 Å². The lowest BCUT2D eigenvalue weighted by Gasteiger charge is -2.34. The maximum Gasteiger partial charge on any atom is 0.326 e. The van der Waals surface area contributed by atoms with Gasteiger partial charge >= 0.3 is 5.69 Å². The first-order valence-corrected chi connectivity index (χ1v) is 6.95. The van der Waals surface area contributed by atoms with Gasteiger partial charge in [-0.15, -0.1) is 12.4 Å². The molecule has 1 saturated carbocycles. The molecule has 2 aromatic heterocycles. The Kier molecular flexibility index (Phi) is 3.54. The minimum atomic E-state index is -0.451. The molecule has 1 aliphatic rings. The summed E-state index contributed by atoms with van der Waals surface area (Å²) in [6.45, 7) is 0.242. The van der Waals surface area contributed by atoms with Crippen molar-refractivity contribution in [2.45, 2.75) is 31.3 Å². The number of H-pyrrole nitrogens is 1. The molecule has 0 saturated heterocycles. The monoisotopic (exact) mass is 321 g/mol. The van der Waals surface area contributed by atoms with Crippen LogP contribution in [0, 0.1) is 0 Å². The fourth-order valence-electron chi connectivity index (χ4n) is 2.70. The first kappa shape index (κ1) is 14.8. The number of para-hydroxylation sites is 2. The van der Waals surface area contributed by atoms with Crippen molar-refractivity contribution in [2.75, 3.05) is 0 Å². The molecule has 4 rings (SSSR count). The standard InChI is InChI=1S/C14H15N5O2.ClH/c15-14(6-3-7-14)12-17-11(21-18-12)8-19-10-5-2-1-4-9(10)16-13(19)20;/h1-2,4-5H,3,6-8,15H2,(H,16,20);1H. The molecule has 3 N–H and O–H groups in total. The number of hydrogen-bond acceptors (Lipinski definition) is 5. The van der Waals surface area contributed by atoms with Crippen molar-refractivity contribution in [1.82, 2.24) is 19.7 Å². The Morgan fingerprint density at radius 2 is 2.14 bits per heavy atom. The van der Waals surface area contributed by atoms with Gasteiger partial charge in [0.05, 0.1) is 16.6 Å². The zero-order valence-corrected chi connectivity index (χ0v) is 12.6. The number of halogens is 1. The molecule has 3 aromatic rings. The van der Waals surface area contributed by atoms with Crippen LogP contribution in [-0.2, 0) is 12.1 Å². The van der Waals surface area contributed by atoms with Crippen LogP contribution in [0.15, 0.2) is 33.6 Å². The van der Waals surface area contributed by atoms with Crippen LogP contribution in [0.4, 0.5) is 0 Å². The molecular formula is C14H16ClN5O2. The van der Waals surface area contributed by atoms with Crippen LogP contribution < -0.4 is 11.4 Å². The number of aromatic nitrogens is 4. The molecule has 1 aromatic carbocycles. The van der Waals surface area contributed by atoms with E-state index >= 15 is 0 Å². The van der Waals surface area contributed by atoms with E-state index in [9.17, 15) is 4.79 Å². The summed E-state index contributed by atoms with van der Waals surface area (Å²) in [7, 11) is 0. The van der Waals surface area contributed by atoms with Crippen LogP contribution in [0.1, 0.15) is 31.0 Å². The van der Waals surface area contributed by atoms with Crippen molar-refractivity contribution in [3.8, 4) is 0 Å². The number of rotatable bonds is 3. The first-order chi connectivity index (χ1) is 10.2. The predicted molar refractivity (Wildman–Crippen MR) is 82.9 cm³/mol. The van der Waals surface area contributed by atoms with E-state index in [0.717, 1.165) is 30.3 Å². The van der Waals surface area contributed by atoms with Crippen molar-refractivity contribution in [3.63, 3.8) is 0 Å². The second kappa shape index (κ2) is 5.26. The van der Waals surface area contributed by atoms with Crippen LogP contribution >= 0.6 is 12.4 Å². The molecule has 0 aliphatic heterocycles. The highest BCUT2D eigenvalue weighted by molar-refractivity contribution is 5.85. The van der Waals surface area contributed by atoms with E-state index in [1.54, 1.807) is 4.57 Å². The molecule has 0 spiro atoms. The van der Waals surface area contributed by atoms with E-state index in [-0.39, 0.29) is 24.6 Å². The largest absolute Gasteiger partial charge is 0.337 e. The number of nitrogens with zero attached hydrogens (tertiary/aromatic N) is 3. The molecule has 0 radical (unpaired) electrons. The van der Waals surface area contributed by atoms with Gasteiger partial charge < -0.3 is 15.2 Å². The predicted octanol–water partition coefficient (Wildman–Crippen LogP) is 1.52. The Morgan fingerprint density at radius 1 is 1.36 bits per heavy atom. The van der Waals surface area contributed by atoms with E-state index in [0.29, 0.717) is 11.7 Å². The highest BCUT2D eigenvalue weighted by Gasteiger charge is 2.39. The van der Waals surface area contributed by atoms with Gasteiger partial charge in [-0.3, -0.25) is 4.57 Å². The second-order valence-corrected chi connectivity index (χ2v) is 5.55. The third-order valence-corrected chi connectivity index (χ3v) is 4.13. The molecule has 0 unspecified atom stereocenters. The van der Waals surface area contributed by atoms with Gasteiger partial charge in [-0.25, -0.2) is 4.79 Å². The quantitative estimate of drug-likeness (QED) is 0.761. The van der Waals surface area contributed by atoms with Crippen molar-refractivity contribution in [3.05, 3.63) is 46.5 Å². The molecule has 22 heavy (non-hydrogen) atoms. The van der Waals surface area contributed by atoms with Gasteiger partial charge in [0.1, 0.15) is 6.54 Å². The fraction of sp³-hybridized carbons (Fsp3) is 0.357. The van der Waals surface area contributed by atoms with Gasteiger partial charge in [0.25, 0.3) is 0 Å². The third kappa shape index (κ3) is 2.22. The van der Waals surface area contributed by atoms with Crippen LogP contribution in [0.3, 0.4) is 0 Å². The molecule has 8 heteroatoms. The molecular weight excluding hydrogens is 306 g/mol. The average molecular weight is 322 g/mol. The molecule has 2 heterocycles. The lowest BCUT2D eigenvalue weighted by molar-refractivity contribution is 0.229. The summed E-state index contributed by atoms with van der Waals surface area (Å²) in [5, 5.41) is 3.96. The zero-order chi connectivity index (χ0) is 14.4. The smallest absolute Gasteiger partial charge is 0.326 e. The molecule has 7 nitrogen and oxygen atoms in total. The van der Waals surface area contributed by atoms with Gasteiger partial charge in [0.15, 0.2) is 5.82 Å². The van der Waals surface area contributed by atoms with Gasteiger partial charge in [-0.1, -0.05) is 17.3 Å². The normalized spacial score (nSPS) is 16.2. The summed E-state index contributed by atoms with van der Waals surface area (Å²) < 4.78 is 6.83. The topological polar surface area (TPSA) is 103 Å². The van der Waals surface area contributed by atoms with E-state index in [1.165, 1.54) is 0 Å². The van der Waals surface area contributed by atoms with Crippen LogP contribution in [0.2, 0.25) is 0 Å². The summed E-state index contributed by atoms with van der Waals surface area (Å²) in [6.07, 6.45) is 2.83. The van der Waals surface area contributed by atoms with Crippen molar-refractivity contribution < 1.29 is 4.52 Å². The summed E-state index contributed by atoms with van der Waals surface area (Å²) >= 11 is 0. The molecule has 0 atom stereocenters. The lowest BCUT2D eigenvalue weighted by atomic mass is 9.77. The molecule has 1 aliphatic carbocycles. The number of hydrogen-bond donors (Lipinski definition) is 2. The first-order valence-electron chi connectivity index (χ1n) is 6.95. The van der Waals surface area contributed by atoms with Crippen molar-refractivity contribution >= 4 is 23.4 Å². The summed E-state index contributed by atoms with van der Waals surface area (Å²) in [4.78, 5) is 19.2. The van der Waals surface area contributed by atoms with E-state index in [4.69, 9.17) is 10.3 Å². The van der Waals surface area contributed by atoms with Crippen LogP contribution in [-0.4, -0.2) is 19.7 Å².